The summed E-state index contributed by atoms with van der Waals surface area (Å²) in [5.74, 6) is 0.763. The van der Waals surface area contributed by atoms with E-state index in [1.54, 1.807) is 32.2 Å². The van der Waals surface area contributed by atoms with Gasteiger partial charge in [-0.1, -0.05) is 11.6 Å². The fourth-order valence-electron chi connectivity index (χ4n) is 2.84. The molecule has 1 aromatic heterocycles. The van der Waals surface area contributed by atoms with Crippen LogP contribution in [0.2, 0.25) is 5.02 Å². The summed E-state index contributed by atoms with van der Waals surface area (Å²) < 4.78 is 0. The zero-order valence-electron chi connectivity index (χ0n) is 17.0. The predicted octanol–water partition coefficient (Wildman–Crippen LogP) is 4.19. The maximum atomic E-state index is 11.0. The third-order valence-corrected chi connectivity index (χ3v) is 4.46. The van der Waals surface area contributed by atoms with Crippen LogP contribution >= 0.6 is 11.6 Å². The number of rotatable bonds is 4. The average Bonchev–Trinajstić information content (AvgIpc) is 2.68. The Balaban J connectivity index is 1.89. The first-order valence-electron chi connectivity index (χ1n) is 9.12. The van der Waals surface area contributed by atoms with Gasteiger partial charge in [0, 0.05) is 29.4 Å². The van der Waals surface area contributed by atoms with E-state index in [4.69, 9.17) is 11.6 Å². The Kier molecular flexibility index (Phi) is 6.27. The Hall–Kier alpha value is -3.52. The van der Waals surface area contributed by atoms with Gasteiger partial charge in [-0.3, -0.25) is 4.79 Å². The lowest BCUT2D eigenvalue weighted by Crippen LogP contribution is -2.25. The second-order valence-corrected chi connectivity index (χ2v) is 7.20. The second kappa shape index (κ2) is 8.87. The number of aromatic hydroxyl groups is 1. The molecule has 0 aliphatic rings. The van der Waals surface area contributed by atoms with Crippen molar-refractivity contribution in [3.63, 3.8) is 0 Å². The third kappa shape index (κ3) is 5.09. The molecular weight excluding hydrogens is 404 g/mol. The molecule has 0 atom stereocenters. The number of aliphatic imine (C=N–C) groups is 1. The van der Waals surface area contributed by atoms with Crippen LogP contribution in [0, 0.1) is 6.92 Å². The molecule has 1 amide bonds. The summed E-state index contributed by atoms with van der Waals surface area (Å²) in [6, 6.07) is 8.56. The minimum Gasteiger partial charge on any atom is -0.508 e. The Morgan fingerprint density at radius 1 is 1.17 bits per heavy atom. The summed E-state index contributed by atoms with van der Waals surface area (Å²) >= 11 is 6.28. The number of benzene rings is 2. The third-order valence-electron chi connectivity index (χ3n) is 4.13. The van der Waals surface area contributed by atoms with E-state index in [9.17, 15) is 9.90 Å². The highest BCUT2D eigenvalue weighted by molar-refractivity contribution is 6.33. The number of phenolic OH excluding ortho intramolecular Hbond substituents is 1. The van der Waals surface area contributed by atoms with E-state index in [-0.39, 0.29) is 11.7 Å². The van der Waals surface area contributed by atoms with Crippen LogP contribution in [0.1, 0.15) is 26.3 Å². The number of nitrogens with one attached hydrogen (secondary N) is 2. The molecule has 9 heteroatoms. The molecule has 0 bridgehead atoms. The van der Waals surface area contributed by atoms with E-state index < -0.39 is 0 Å². The van der Waals surface area contributed by atoms with Gasteiger partial charge in [-0.15, -0.1) is 10.2 Å². The van der Waals surface area contributed by atoms with Crippen molar-refractivity contribution in [1.29, 1.82) is 0 Å². The van der Waals surface area contributed by atoms with Crippen LogP contribution < -0.4 is 10.6 Å². The number of hydrogen-bond donors (Lipinski definition) is 3. The van der Waals surface area contributed by atoms with Gasteiger partial charge in [0.05, 0.1) is 5.52 Å². The maximum absolute atomic E-state index is 11.0. The largest absolute Gasteiger partial charge is 0.508 e. The van der Waals surface area contributed by atoms with Crippen LogP contribution in [0.5, 0.6) is 5.75 Å². The number of amidine groups is 1. The van der Waals surface area contributed by atoms with Crippen molar-refractivity contribution in [3.05, 3.63) is 52.8 Å². The normalized spacial score (nSPS) is 12.2. The minimum absolute atomic E-state index is 0.134. The highest BCUT2D eigenvalue weighted by atomic mass is 35.5. The van der Waals surface area contributed by atoms with Gasteiger partial charge in [0.15, 0.2) is 0 Å². The molecule has 0 radical (unpaired) electrons. The summed E-state index contributed by atoms with van der Waals surface area (Å²) in [7, 11) is 0. The fraction of sp³-hybridized carbons (Fsp3) is 0.190. The highest BCUT2D eigenvalue weighted by Crippen LogP contribution is 2.33. The molecule has 3 aromatic rings. The van der Waals surface area contributed by atoms with Crippen LogP contribution in [-0.2, 0) is 4.79 Å². The van der Waals surface area contributed by atoms with Crippen molar-refractivity contribution in [2.24, 2.45) is 4.99 Å². The summed E-state index contributed by atoms with van der Waals surface area (Å²) in [5, 5.41) is 24.3. The smallest absolute Gasteiger partial charge is 0.247 e. The predicted molar refractivity (Wildman–Crippen MR) is 118 cm³/mol. The molecule has 0 saturated heterocycles. The summed E-state index contributed by atoms with van der Waals surface area (Å²) in [5.41, 5.74) is 4.39. The zero-order valence-corrected chi connectivity index (χ0v) is 17.7. The quantitative estimate of drug-likeness (QED) is 0.427. The van der Waals surface area contributed by atoms with E-state index in [2.05, 4.69) is 30.8 Å². The number of aromatic nitrogens is 3. The van der Waals surface area contributed by atoms with Crippen LogP contribution in [0.3, 0.4) is 0 Å². The topological polar surface area (TPSA) is 112 Å². The summed E-state index contributed by atoms with van der Waals surface area (Å²) in [4.78, 5) is 19.7. The summed E-state index contributed by atoms with van der Waals surface area (Å²) in [6.45, 7) is 6.84. The molecule has 30 heavy (non-hydrogen) atoms. The Bertz CT molecular complexity index is 1190. The lowest BCUT2D eigenvalue weighted by atomic mass is 10.0. The molecule has 0 unspecified atom stereocenters. The van der Waals surface area contributed by atoms with E-state index in [0.717, 1.165) is 11.1 Å². The zero-order chi connectivity index (χ0) is 21.8. The second-order valence-electron chi connectivity index (χ2n) is 6.79. The lowest BCUT2D eigenvalue weighted by Gasteiger charge is -2.10. The van der Waals surface area contributed by atoms with Gasteiger partial charge in [-0.25, -0.2) is 9.98 Å². The van der Waals surface area contributed by atoms with Crippen LogP contribution in [0.4, 0.5) is 5.95 Å². The lowest BCUT2D eigenvalue weighted by molar-refractivity contribution is -0.117. The average molecular weight is 425 g/mol. The molecule has 3 N–H and O–H groups in total. The van der Waals surface area contributed by atoms with E-state index in [0.29, 0.717) is 39.1 Å². The Morgan fingerprint density at radius 3 is 2.67 bits per heavy atom. The van der Waals surface area contributed by atoms with Crippen LogP contribution in [0.25, 0.3) is 22.2 Å². The number of halogens is 1. The van der Waals surface area contributed by atoms with Crippen molar-refractivity contribution in [2.75, 3.05) is 5.32 Å². The Labute approximate surface area is 178 Å². The number of hydrogen-bond acceptors (Lipinski definition) is 7. The monoisotopic (exact) mass is 424 g/mol. The van der Waals surface area contributed by atoms with E-state index in [1.807, 2.05) is 19.1 Å². The van der Waals surface area contributed by atoms with Gasteiger partial charge >= 0.3 is 0 Å². The standard InChI is InChI=1S/C21H21ClN6O2/c1-11-7-15(17-9-16(30)5-6-18(17)22)8-19-20(11)26-21(28-27-19)24-12(2)10-23-13(3)25-14(4)29/h5-10,30H,1-4H3,(H,23,25,29)(H,24,26,28)/b12-10+. The van der Waals surface area contributed by atoms with Gasteiger partial charge in [-0.05, 0) is 62.2 Å². The van der Waals surface area contributed by atoms with Gasteiger partial charge in [0.2, 0.25) is 11.9 Å². The first kappa shape index (κ1) is 21.2. The van der Waals surface area contributed by atoms with Crippen molar-refractivity contribution in [1.82, 2.24) is 20.5 Å². The molecule has 154 valence electrons. The van der Waals surface area contributed by atoms with E-state index in [1.165, 1.54) is 13.0 Å². The first-order chi connectivity index (χ1) is 14.2. The fourth-order valence-corrected chi connectivity index (χ4v) is 3.07. The number of nitrogens with zero attached hydrogens (tertiary/aromatic N) is 4. The molecule has 0 saturated carbocycles. The molecule has 0 fully saturated rings. The van der Waals surface area contributed by atoms with Crippen LogP contribution in [0.15, 0.2) is 47.2 Å². The van der Waals surface area contributed by atoms with Crippen LogP contribution in [-0.4, -0.2) is 32.0 Å². The number of carbonyl (C=O) groups excluding carboxylic acids is 1. The Morgan fingerprint density at radius 2 is 1.93 bits per heavy atom. The maximum Gasteiger partial charge on any atom is 0.247 e. The molecule has 1 heterocycles. The van der Waals surface area contributed by atoms with Crippen molar-refractivity contribution in [2.45, 2.75) is 27.7 Å². The summed E-state index contributed by atoms with van der Waals surface area (Å²) in [6.07, 6.45) is 1.57. The number of phenols is 1. The molecule has 8 nitrogen and oxygen atoms in total. The number of amides is 1. The van der Waals surface area contributed by atoms with Gasteiger partial charge < -0.3 is 15.7 Å². The SMILES string of the molecule is CC(=O)NC(C)=N/C=C(\C)Nc1nnc2cc(-c3cc(O)ccc3Cl)cc(C)c2n1. The van der Waals surface area contributed by atoms with Crippen molar-refractivity contribution >= 4 is 40.3 Å². The molecule has 0 aliphatic carbocycles. The molecule has 3 rings (SSSR count). The molecule has 2 aromatic carbocycles. The number of fused-ring (bicyclic) bond motifs is 1. The van der Waals surface area contributed by atoms with Gasteiger partial charge in [-0.2, -0.15) is 0 Å². The first-order valence-corrected chi connectivity index (χ1v) is 9.50. The number of allylic oxidation sites excluding steroid dienone is 1. The number of aryl methyl sites for hydroxylation is 1. The molecule has 0 spiro atoms. The van der Waals surface area contributed by atoms with Gasteiger partial charge in [0.1, 0.15) is 17.1 Å². The van der Waals surface area contributed by atoms with Gasteiger partial charge in [0.25, 0.3) is 0 Å². The number of carbonyl (C=O) groups is 1. The van der Waals surface area contributed by atoms with Crippen molar-refractivity contribution < 1.29 is 9.90 Å². The number of anilines is 1. The van der Waals surface area contributed by atoms with Crippen molar-refractivity contribution in [3.8, 4) is 16.9 Å². The molecule has 0 aliphatic heterocycles. The molecular formula is C21H21ClN6O2. The highest BCUT2D eigenvalue weighted by Gasteiger charge is 2.11. The van der Waals surface area contributed by atoms with E-state index >= 15 is 0 Å². The minimum atomic E-state index is -0.181.